The maximum absolute atomic E-state index is 12.4. The molecule has 0 spiro atoms. The van der Waals surface area contributed by atoms with Crippen molar-refractivity contribution in [2.75, 3.05) is 26.3 Å². The van der Waals surface area contributed by atoms with E-state index in [0.717, 1.165) is 10.9 Å². The average molecular weight is 344 g/mol. The van der Waals surface area contributed by atoms with Gasteiger partial charge >= 0.3 is 0 Å². The minimum atomic E-state index is -0.124. The van der Waals surface area contributed by atoms with Crippen LogP contribution in [0.2, 0.25) is 5.02 Å². The second kappa shape index (κ2) is 6.22. The molecule has 0 saturated carbocycles. The van der Waals surface area contributed by atoms with Crippen molar-refractivity contribution in [2.24, 2.45) is 0 Å². The van der Waals surface area contributed by atoms with E-state index in [-0.39, 0.29) is 5.91 Å². The van der Waals surface area contributed by atoms with Gasteiger partial charge in [-0.2, -0.15) is 0 Å². The molecule has 3 heterocycles. The molecule has 0 bridgehead atoms. The van der Waals surface area contributed by atoms with E-state index < -0.39 is 0 Å². The van der Waals surface area contributed by atoms with Crippen molar-refractivity contribution in [1.82, 2.24) is 15.1 Å². The first-order valence-corrected chi connectivity index (χ1v) is 7.98. The maximum atomic E-state index is 12.4. The molecular weight excluding hydrogens is 330 g/mol. The van der Waals surface area contributed by atoms with E-state index in [1.807, 2.05) is 12.1 Å². The molecule has 1 fully saturated rings. The molecule has 3 aromatic rings. The van der Waals surface area contributed by atoms with E-state index in [0.29, 0.717) is 48.3 Å². The van der Waals surface area contributed by atoms with Gasteiger partial charge in [0, 0.05) is 24.0 Å². The van der Waals surface area contributed by atoms with E-state index in [1.54, 1.807) is 29.4 Å². The molecular formula is C17H14ClN3O3. The van der Waals surface area contributed by atoms with Crippen LogP contribution in [0.25, 0.3) is 22.2 Å². The summed E-state index contributed by atoms with van der Waals surface area (Å²) in [4.78, 5) is 14.1. The third-order valence-electron chi connectivity index (χ3n) is 3.98. The van der Waals surface area contributed by atoms with E-state index in [2.05, 4.69) is 10.2 Å². The number of furan rings is 1. The maximum Gasteiger partial charge on any atom is 0.274 e. The number of amides is 1. The quantitative estimate of drug-likeness (QED) is 0.715. The summed E-state index contributed by atoms with van der Waals surface area (Å²) in [7, 11) is 0. The molecule has 0 unspecified atom stereocenters. The Kier molecular flexibility index (Phi) is 3.92. The van der Waals surface area contributed by atoms with E-state index in [9.17, 15) is 4.79 Å². The van der Waals surface area contributed by atoms with Crippen LogP contribution < -0.4 is 0 Å². The van der Waals surface area contributed by atoms with Gasteiger partial charge in [-0.25, -0.2) is 0 Å². The van der Waals surface area contributed by atoms with Gasteiger partial charge in [0.25, 0.3) is 5.91 Å². The average Bonchev–Trinajstić information content (AvgIpc) is 3.11. The number of nitrogens with zero attached hydrogens (tertiary/aromatic N) is 3. The molecule has 24 heavy (non-hydrogen) atoms. The first kappa shape index (κ1) is 15.1. The molecule has 2 aromatic heterocycles. The predicted octanol–water partition coefficient (Wildman–Crippen LogP) is 3.02. The number of ether oxygens (including phenoxy) is 1. The van der Waals surface area contributed by atoms with Gasteiger partial charge in [0.1, 0.15) is 0 Å². The van der Waals surface area contributed by atoms with Gasteiger partial charge in [0.15, 0.2) is 11.3 Å². The van der Waals surface area contributed by atoms with Crippen LogP contribution >= 0.6 is 11.6 Å². The summed E-state index contributed by atoms with van der Waals surface area (Å²) in [5, 5.41) is 9.67. The Morgan fingerprint density at radius 1 is 1.12 bits per heavy atom. The standard InChI is InChI=1S/C17H14ClN3O3/c18-13-10-12(9-11-3-6-24-16(11)13)14-1-2-15(20-19-14)17(22)21-4-7-23-8-5-21/h1-3,6,9-10H,4-5,7-8H2. The molecule has 1 amide bonds. The molecule has 0 aliphatic carbocycles. The number of aromatic nitrogens is 2. The zero-order valence-electron chi connectivity index (χ0n) is 12.7. The Morgan fingerprint density at radius 3 is 2.71 bits per heavy atom. The SMILES string of the molecule is O=C(c1ccc(-c2cc(Cl)c3occc3c2)nn1)N1CCOCC1. The van der Waals surface area contributed by atoms with Crippen LogP contribution in [0.4, 0.5) is 0 Å². The van der Waals surface area contributed by atoms with Gasteiger partial charge in [-0.3, -0.25) is 4.79 Å². The van der Waals surface area contributed by atoms with Gasteiger partial charge in [-0.15, -0.1) is 10.2 Å². The van der Waals surface area contributed by atoms with Crippen molar-refractivity contribution in [3.05, 3.63) is 47.3 Å². The van der Waals surface area contributed by atoms with Crippen LogP contribution in [0.3, 0.4) is 0 Å². The van der Waals surface area contributed by atoms with Crippen molar-refractivity contribution < 1.29 is 13.9 Å². The number of hydrogen-bond acceptors (Lipinski definition) is 5. The van der Waals surface area contributed by atoms with Gasteiger partial charge in [-0.05, 0) is 30.3 Å². The summed E-state index contributed by atoms with van der Waals surface area (Å²) in [5.41, 5.74) is 2.45. The van der Waals surface area contributed by atoms with E-state index in [4.69, 9.17) is 20.8 Å². The zero-order chi connectivity index (χ0) is 16.5. The molecule has 6 nitrogen and oxygen atoms in total. The number of morpholine rings is 1. The van der Waals surface area contributed by atoms with Crippen molar-refractivity contribution in [3.8, 4) is 11.3 Å². The van der Waals surface area contributed by atoms with Crippen LogP contribution in [0.5, 0.6) is 0 Å². The number of benzene rings is 1. The summed E-state index contributed by atoms with van der Waals surface area (Å²) in [6.07, 6.45) is 1.59. The molecule has 4 rings (SSSR count). The highest BCUT2D eigenvalue weighted by Crippen LogP contribution is 2.30. The Balaban J connectivity index is 1.61. The molecule has 1 saturated heterocycles. The normalized spacial score (nSPS) is 15.0. The smallest absolute Gasteiger partial charge is 0.274 e. The Morgan fingerprint density at radius 2 is 1.96 bits per heavy atom. The summed E-state index contributed by atoms with van der Waals surface area (Å²) < 4.78 is 10.6. The lowest BCUT2D eigenvalue weighted by Gasteiger charge is -2.26. The summed E-state index contributed by atoms with van der Waals surface area (Å²) in [6, 6.07) is 9.01. The van der Waals surface area contributed by atoms with Gasteiger partial charge < -0.3 is 14.1 Å². The number of carbonyl (C=O) groups is 1. The summed E-state index contributed by atoms with van der Waals surface area (Å²) >= 11 is 6.22. The Labute approximate surface area is 143 Å². The lowest BCUT2D eigenvalue weighted by atomic mass is 10.1. The molecule has 0 atom stereocenters. The fourth-order valence-electron chi connectivity index (χ4n) is 2.71. The second-order valence-corrected chi connectivity index (χ2v) is 5.91. The van der Waals surface area contributed by atoms with Crippen molar-refractivity contribution >= 4 is 28.5 Å². The number of hydrogen-bond donors (Lipinski definition) is 0. The lowest BCUT2D eigenvalue weighted by molar-refractivity contribution is 0.0298. The Hall–Kier alpha value is -2.44. The third kappa shape index (κ3) is 2.74. The van der Waals surface area contributed by atoms with Crippen molar-refractivity contribution in [2.45, 2.75) is 0 Å². The number of fused-ring (bicyclic) bond motifs is 1. The minimum Gasteiger partial charge on any atom is -0.463 e. The van der Waals surface area contributed by atoms with Crippen LogP contribution in [0.15, 0.2) is 41.0 Å². The first-order chi connectivity index (χ1) is 11.7. The third-order valence-corrected chi connectivity index (χ3v) is 4.26. The van der Waals surface area contributed by atoms with Gasteiger partial charge in [0.2, 0.25) is 0 Å². The second-order valence-electron chi connectivity index (χ2n) is 5.51. The van der Waals surface area contributed by atoms with Crippen LogP contribution in [-0.2, 0) is 4.74 Å². The summed E-state index contributed by atoms with van der Waals surface area (Å²) in [6.45, 7) is 2.27. The van der Waals surface area contributed by atoms with Crippen molar-refractivity contribution in [3.63, 3.8) is 0 Å². The van der Waals surface area contributed by atoms with E-state index in [1.165, 1.54) is 0 Å². The van der Waals surface area contributed by atoms with Crippen LogP contribution in [0, 0.1) is 0 Å². The van der Waals surface area contributed by atoms with Gasteiger partial charge in [0.05, 0.1) is 30.2 Å². The fourth-order valence-corrected chi connectivity index (χ4v) is 2.99. The topological polar surface area (TPSA) is 68.5 Å². The fraction of sp³-hybridized carbons (Fsp3) is 0.235. The molecule has 122 valence electrons. The monoisotopic (exact) mass is 343 g/mol. The molecule has 1 aliphatic rings. The number of halogens is 1. The summed E-state index contributed by atoms with van der Waals surface area (Å²) in [5.74, 6) is -0.124. The van der Waals surface area contributed by atoms with Crippen molar-refractivity contribution in [1.29, 1.82) is 0 Å². The molecule has 1 aliphatic heterocycles. The Bertz CT molecular complexity index is 886. The number of carbonyl (C=O) groups excluding carboxylic acids is 1. The highest BCUT2D eigenvalue weighted by atomic mass is 35.5. The molecule has 0 N–H and O–H groups in total. The van der Waals surface area contributed by atoms with E-state index >= 15 is 0 Å². The minimum absolute atomic E-state index is 0.124. The highest BCUT2D eigenvalue weighted by molar-refractivity contribution is 6.35. The lowest BCUT2D eigenvalue weighted by Crippen LogP contribution is -2.41. The first-order valence-electron chi connectivity index (χ1n) is 7.60. The van der Waals surface area contributed by atoms with Gasteiger partial charge in [-0.1, -0.05) is 11.6 Å². The molecule has 1 aromatic carbocycles. The largest absolute Gasteiger partial charge is 0.463 e. The number of rotatable bonds is 2. The highest BCUT2D eigenvalue weighted by Gasteiger charge is 2.20. The predicted molar refractivity (Wildman–Crippen MR) is 89.0 cm³/mol. The molecule has 0 radical (unpaired) electrons. The zero-order valence-corrected chi connectivity index (χ0v) is 13.5. The molecule has 7 heteroatoms. The van der Waals surface area contributed by atoms with Crippen LogP contribution in [-0.4, -0.2) is 47.3 Å². The van der Waals surface area contributed by atoms with Crippen LogP contribution in [0.1, 0.15) is 10.5 Å².